The number of Topliss-reactive ketones (excluding diaryl/α,β-unsaturated/α-hetero) is 1. The maximum absolute atomic E-state index is 13.5. The molecule has 1 unspecified atom stereocenters. The molecule has 0 aliphatic carbocycles. The number of carbonyl (C=O) groups excluding carboxylic acids is 1. The normalized spacial score (nSPS) is 14.3. The third kappa shape index (κ3) is 6.51. The quantitative estimate of drug-likeness (QED) is 0.204. The Labute approximate surface area is 224 Å². The van der Waals surface area contributed by atoms with Gasteiger partial charge < -0.3 is 18.9 Å². The lowest BCUT2D eigenvalue weighted by atomic mass is 10.0. The Morgan fingerprint density at radius 3 is 1.76 bits per heavy atom. The van der Waals surface area contributed by atoms with Gasteiger partial charge in [0.25, 0.3) is 0 Å². The monoisotopic (exact) mass is 505 g/mol. The number of ether oxygens (including phenoxy) is 4. The van der Waals surface area contributed by atoms with Crippen molar-refractivity contribution in [2.75, 3.05) is 0 Å². The molecule has 5 nitrogen and oxygen atoms in total. The fourth-order valence-electron chi connectivity index (χ4n) is 3.88. The largest absolute Gasteiger partial charge is 0.486 e. The molecular formula is C33H28O5. The molecule has 1 atom stereocenters. The molecule has 1 heterocycles. The van der Waals surface area contributed by atoms with Crippen molar-refractivity contribution in [3.05, 3.63) is 150 Å². The molecule has 0 amide bonds. The van der Waals surface area contributed by atoms with Crippen molar-refractivity contribution in [3.8, 4) is 17.2 Å². The van der Waals surface area contributed by atoms with Crippen molar-refractivity contribution in [1.29, 1.82) is 0 Å². The van der Waals surface area contributed by atoms with Crippen LogP contribution in [0.1, 0.15) is 28.4 Å². The van der Waals surface area contributed by atoms with Gasteiger partial charge in [0.2, 0.25) is 11.5 Å². The summed E-state index contributed by atoms with van der Waals surface area (Å²) in [6.45, 7) is 0.664. The number of rotatable bonds is 11. The molecule has 38 heavy (non-hydrogen) atoms. The van der Waals surface area contributed by atoms with E-state index in [0.717, 1.165) is 16.7 Å². The van der Waals surface area contributed by atoms with Crippen LogP contribution in [-0.2, 0) is 24.6 Å². The summed E-state index contributed by atoms with van der Waals surface area (Å²) in [7, 11) is 0. The Bertz CT molecular complexity index is 1450. The Balaban J connectivity index is 1.55. The van der Waals surface area contributed by atoms with Crippen LogP contribution < -0.4 is 14.2 Å². The second-order valence-corrected chi connectivity index (χ2v) is 8.66. The molecule has 0 radical (unpaired) electrons. The van der Waals surface area contributed by atoms with Crippen LogP contribution in [0, 0.1) is 0 Å². The second kappa shape index (κ2) is 12.5. The summed E-state index contributed by atoms with van der Waals surface area (Å²) in [6, 6.07) is 30.5. The van der Waals surface area contributed by atoms with Crippen LogP contribution in [0.4, 0.5) is 0 Å². The van der Waals surface area contributed by atoms with E-state index in [0.29, 0.717) is 5.75 Å². The highest BCUT2D eigenvalue weighted by molar-refractivity contribution is 6.02. The molecular weight excluding hydrogens is 476 g/mol. The lowest BCUT2D eigenvalue weighted by Crippen LogP contribution is -2.21. The number of hydrogen-bond acceptors (Lipinski definition) is 5. The number of benzene rings is 4. The average molecular weight is 506 g/mol. The second-order valence-electron chi connectivity index (χ2n) is 8.66. The van der Waals surface area contributed by atoms with Gasteiger partial charge in [-0.05, 0) is 41.0 Å². The van der Waals surface area contributed by atoms with E-state index >= 15 is 0 Å². The first-order chi connectivity index (χ1) is 19.2. The standard InChI is InChI=1S/C33H28O5/c34-32(29-18-10-11-19-35-29)28-20-30(36-22-25-12-4-1-5-13-25)33(38-24-27-16-8-3-9-17-27)31(21-28)37-23-26-14-6-2-7-15-26/h1-21,29H,22-24H2/i20D. The molecule has 1 aliphatic rings. The van der Waals surface area contributed by atoms with Gasteiger partial charge in [-0.25, -0.2) is 0 Å². The first-order valence-corrected chi connectivity index (χ1v) is 12.4. The SMILES string of the molecule is [2H]c1c(C(=O)C2C=CC=CO2)cc(OCc2ccccc2)c(OCc2ccccc2)c1OCc1ccccc1. The van der Waals surface area contributed by atoms with Crippen molar-refractivity contribution in [1.82, 2.24) is 0 Å². The smallest absolute Gasteiger partial charge is 0.207 e. The zero-order valence-electron chi connectivity index (χ0n) is 21.8. The van der Waals surface area contributed by atoms with Crippen LogP contribution in [0.3, 0.4) is 0 Å². The summed E-state index contributed by atoms with van der Waals surface area (Å²) in [4.78, 5) is 13.5. The number of carbonyl (C=O) groups is 1. The highest BCUT2D eigenvalue weighted by Gasteiger charge is 2.24. The molecule has 190 valence electrons. The molecule has 0 aromatic heterocycles. The Hall–Kier alpha value is -4.77. The molecule has 0 spiro atoms. The minimum Gasteiger partial charge on any atom is -0.486 e. The van der Waals surface area contributed by atoms with E-state index in [1.54, 1.807) is 24.3 Å². The summed E-state index contributed by atoms with van der Waals surface area (Å²) < 4.78 is 33.2. The molecule has 0 N–H and O–H groups in total. The first kappa shape index (κ1) is 23.6. The van der Waals surface area contributed by atoms with E-state index in [-0.39, 0.29) is 48.7 Å². The van der Waals surface area contributed by atoms with Gasteiger partial charge in [-0.2, -0.15) is 0 Å². The summed E-state index contributed by atoms with van der Waals surface area (Å²) in [6.07, 6.45) is 5.71. The predicted molar refractivity (Wildman–Crippen MR) is 146 cm³/mol. The van der Waals surface area contributed by atoms with Crippen LogP contribution in [-0.4, -0.2) is 11.9 Å². The van der Waals surface area contributed by atoms with E-state index in [9.17, 15) is 4.79 Å². The van der Waals surface area contributed by atoms with Crippen LogP contribution in [0.25, 0.3) is 0 Å². The average Bonchev–Trinajstić information content (AvgIpc) is 3.00. The van der Waals surface area contributed by atoms with E-state index in [4.69, 9.17) is 20.3 Å². The zero-order chi connectivity index (χ0) is 26.9. The molecule has 0 fully saturated rings. The van der Waals surface area contributed by atoms with Gasteiger partial charge >= 0.3 is 0 Å². The highest BCUT2D eigenvalue weighted by Crippen LogP contribution is 2.41. The molecule has 0 saturated carbocycles. The molecule has 4 aromatic rings. The van der Waals surface area contributed by atoms with Gasteiger partial charge in [0.1, 0.15) is 19.8 Å². The maximum atomic E-state index is 13.5. The number of allylic oxidation sites excluding steroid dienone is 2. The van der Waals surface area contributed by atoms with Gasteiger partial charge in [-0.3, -0.25) is 4.79 Å². The van der Waals surface area contributed by atoms with Crippen molar-refractivity contribution in [2.24, 2.45) is 0 Å². The van der Waals surface area contributed by atoms with E-state index in [1.807, 2.05) is 91.0 Å². The van der Waals surface area contributed by atoms with Crippen LogP contribution in [0.15, 0.2) is 128 Å². The Morgan fingerprint density at radius 1 is 0.711 bits per heavy atom. The minimum absolute atomic E-state index is 0.0855. The van der Waals surface area contributed by atoms with Crippen molar-refractivity contribution in [2.45, 2.75) is 25.9 Å². The van der Waals surface area contributed by atoms with Gasteiger partial charge in [0.05, 0.1) is 7.63 Å². The minimum atomic E-state index is -0.848. The molecule has 4 aromatic carbocycles. The molecule has 5 rings (SSSR count). The summed E-state index contributed by atoms with van der Waals surface area (Å²) >= 11 is 0. The molecule has 0 bridgehead atoms. The lowest BCUT2D eigenvalue weighted by molar-refractivity contribution is 0.0784. The van der Waals surface area contributed by atoms with Gasteiger partial charge in [-0.1, -0.05) is 97.1 Å². The number of ketones is 1. The van der Waals surface area contributed by atoms with E-state index in [1.165, 1.54) is 6.26 Å². The van der Waals surface area contributed by atoms with Crippen molar-refractivity contribution < 1.29 is 25.1 Å². The first-order valence-electron chi connectivity index (χ1n) is 12.9. The van der Waals surface area contributed by atoms with Crippen LogP contribution >= 0.6 is 0 Å². The molecule has 0 saturated heterocycles. The van der Waals surface area contributed by atoms with Crippen LogP contribution in [0.2, 0.25) is 0 Å². The fraction of sp³-hybridized carbons (Fsp3) is 0.121. The van der Waals surface area contributed by atoms with Gasteiger partial charge in [0, 0.05) is 5.56 Å². The zero-order valence-corrected chi connectivity index (χ0v) is 20.8. The van der Waals surface area contributed by atoms with Gasteiger partial charge in [-0.15, -0.1) is 0 Å². The van der Waals surface area contributed by atoms with E-state index in [2.05, 4.69) is 0 Å². The fourth-order valence-corrected chi connectivity index (χ4v) is 3.88. The third-order valence-corrected chi connectivity index (χ3v) is 5.87. The summed E-state index contributed by atoms with van der Waals surface area (Å²) in [5, 5.41) is 0. The van der Waals surface area contributed by atoms with Crippen molar-refractivity contribution >= 4 is 5.78 Å². The van der Waals surface area contributed by atoms with Gasteiger partial charge in [0.15, 0.2) is 17.6 Å². The lowest BCUT2D eigenvalue weighted by Gasteiger charge is -2.20. The van der Waals surface area contributed by atoms with E-state index < -0.39 is 6.10 Å². The third-order valence-electron chi connectivity index (χ3n) is 5.87. The highest BCUT2D eigenvalue weighted by atomic mass is 16.5. The maximum Gasteiger partial charge on any atom is 0.207 e. The topological polar surface area (TPSA) is 54.0 Å². The van der Waals surface area contributed by atoms with Crippen molar-refractivity contribution in [3.63, 3.8) is 0 Å². The summed E-state index contributed by atoms with van der Waals surface area (Å²) in [5.41, 5.74) is 2.93. The summed E-state index contributed by atoms with van der Waals surface area (Å²) in [5.74, 6) is 0.350. The number of hydrogen-bond donors (Lipinski definition) is 0. The molecule has 1 aliphatic heterocycles. The molecule has 5 heteroatoms. The predicted octanol–water partition coefficient (Wildman–Crippen LogP) is 7.08. The Kier molecular flexibility index (Phi) is 7.74. The van der Waals surface area contributed by atoms with Crippen LogP contribution in [0.5, 0.6) is 17.2 Å². The Morgan fingerprint density at radius 2 is 1.24 bits per heavy atom.